The molecule has 0 radical (unpaired) electrons. The minimum absolute atomic E-state index is 0.135. The summed E-state index contributed by atoms with van der Waals surface area (Å²) in [5.41, 5.74) is 7.00. The molecule has 3 N–H and O–H groups in total. The second-order valence-electron chi connectivity index (χ2n) is 8.07. The van der Waals surface area contributed by atoms with Crippen LogP contribution in [0.4, 0.5) is 5.82 Å². The van der Waals surface area contributed by atoms with Crippen LogP contribution in [0.25, 0.3) is 17.1 Å². The van der Waals surface area contributed by atoms with Crippen molar-refractivity contribution in [3.05, 3.63) is 42.4 Å². The predicted octanol–water partition coefficient (Wildman–Crippen LogP) is 1.34. The molecule has 2 bridgehead atoms. The van der Waals surface area contributed by atoms with Crippen molar-refractivity contribution in [1.82, 2.24) is 29.7 Å². The molecule has 30 heavy (non-hydrogen) atoms. The van der Waals surface area contributed by atoms with Crippen molar-refractivity contribution in [1.29, 1.82) is 5.26 Å². The molecule has 3 fully saturated rings. The summed E-state index contributed by atoms with van der Waals surface area (Å²) < 4.78 is 28.8. The summed E-state index contributed by atoms with van der Waals surface area (Å²) in [6.45, 7) is 1.86. The number of sulfonamides is 1. The first kappa shape index (κ1) is 18.7. The first-order valence-electron chi connectivity index (χ1n) is 9.30. The third kappa shape index (κ3) is 2.76. The Labute approximate surface area is 172 Å². The predicted molar refractivity (Wildman–Crippen MR) is 106 cm³/mol. The molecule has 2 heterocycles. The molecule has 3 saturated carbocycles. The zero-order valence-electron chi connectivity index (χ0n) is 16.1. The number of nitriles is 1. The van der Waals surface area contributed by atoms with E-state index in [2.05, 4.69) is 31.0 Å². The van der Waals surface area contributed by atoms with E-state index in [-0.39, 0.29) is 21.9 Å². The highest BCUT2D eigenvalue weighted by Crippen LogP contribution is 2.67. The molecule has 0 unspecified atom stereocenters. The van der Waals surface area contributed by atoms with E-state index in [4.69, 9.17) is 11.0 Å². The Hall–Kier alpha value is -3.36. The van der Waals surface area contributed by atoms with E-state index in [1.54, 1.807) is 18.2 Å². The van der Waals surface area contributed by atoms with Crippen LogP contribution in [-0.4, -0.2) is 38.9 Å². The quantitative estimate of drug-likeness (QED) is 0.625. The molecule has 152 valence electrons. The Morgan fingerprint density at radius 3 is 2.60 bits per heavy atom. The molecule has 0 aliphatic heterocycles. The molecule has 1 aromatic carbocycles. The number of nitrogen functional groups attached to an aromatic ring is 1. The number of nitrogens with one attached hydrogen (secondary N) is 1. The molecule has 2 aromatic heterocycles. The molecule has 10 nitrogen and oxygen atoms in total. The number of hydrogen-bond acceptors (Lipinski definition) is 8. The van der Waals surface area contributed by atoms with Gasteiger partial charge in [0.1, 0.15) is 0 Å². The maximum absolute atomic E-state index is 13.0. The fraction of sp³-hybridized carbons (Fsp3) is 0.316. The number of benzene rings is 1. The molecule has 3 aliphatic rings. The average Bonchev–Trinajstić information content (AvgIpc) is 3.19. The Balaban J connectivity index is 1.49. The molecule has 0 atom stereocenters. The van der Waals surface area contributed by atoms with Crippen LogP contribution < -0.4 is 10.5 Å². The number of aromatic nitrogens is 5. The summed E-state index contributed by atoms with van der Waals surface area (Å²) in [7, 11) is -3.75. The van der Waals surface area contributed by atoms with Gasteiger partial charge < -0.3 is 5.73 Å². The Morgan fingerprint density at radius 1 is 1.23 bits per heavy atom. The van der Waals surface area contributed by atoms with Crippen LogP contribution in [0.2, 0.25) is 0 Å². The summed E-state index contributed by atoms with van der Waals surface area (Å²) in [6, 6.07) is 7.15. The molecule has 6 rings (SSSR count). The molecule has 3 aromatic rings. The van der Waals surface area contributed by atoms with E-state index < -0.39 is 15.6 Å². The molecular formula is C19H18N8O2S. The van der Waals surface area contributed by atoms with Crippen LogP contribution in [0.1, 0.15) is 24.8 Å². The van der Waals surface area contributed by atoms with E-state index in [1.807, 2.05) is 6.92 Å². The van der Waals surface area contributed by atoms with Crippen LogP contribution in [-0.2, 0) is 10.0 Å². The van der Waals surface area contributed by atoms with Crippen LogP contribution in [0, 0.1) is 23.7 Å². The first-order valence-corrected chi connectivity index (χ1v) is 10.8. The maximum atomic E-state index is 13.0. The smallest absolute Gasteiger partial charge is 0.241 e. The Morgan fingerprint density at radius 2 is 1.93 bits per heavy atom. The largest absolute Gasteiger partial charge is 0.380 e. The SMILES string of the molecule is Cc1ccc(S(=O)(=O)NC23CC(C#N)(C2)C3)cc1-c1cnc(N)c(-n2nccn2)n1. The highest BCUT2D eigenvalue weighted by atomic mass is 32.2. The topological polar surface area (TPSA) is 152 Å². The summed E-state index contributed by atoms with van der Waals surface area (Å²) >= 11 is 0. The highest BCUT2D eigenvalue weighted by Gasteiger charge is 2.69. The lowest BCUT2D eigenvalue weighted by Gasteiger charge is -2.66. The number of rotatable bonds is 5. The van der Waals surface area contributed by atoms with Gasteiger partial charge in [-0.3, -0.25) is 0 Å². The van der Waals surface area contributed by atoms with Gasteiger partial charge in [-0.2, -0.15) is 15.5 Å². The molecule has 0 amide bonds. The minimum Gasteiger partial charge on any atom is -0.380 e. The maximum Gasteiger partial charge on any atom is 0.241 e. The summed E-state index contributed by atoms with van der Waals surface area (Å²) in [4.78, 5) is 10.1. The molecule has 0 saturated heterocycles. The van der Waals surface area contributed by atoms with Crippen molar-refractivity contribution in [2.24, 2.45) is 5.41 Å². The summed E-state index contributed by atoms with van der Waals surface area (Å²) in [6.07, 6.45) is 6.19. The second-order valence-corrected chi connectivity index (χ2v) is 9.75. The van der Waals surface area contributed by atoms with Crippen molar-refractivity contribution < 1.29 is 8.42 Å². The van der Waals surface area contributed by atoms with Gasteiger partial charge in [-0.25, -0.2) is 23.1 Å². The lowest BCUT2D eigenvalue weighted by Crippen LogP contribution is -2.74. The Kier molecular flexibility index (Phi) is 3.77. The fourth-order valence-electron chi connectivity index (χ4n) is 4.39. The zero-order chi connectivity index (χ0) is 21.1. The van der Waals surface area contributed by atoms with Crippen LogP contribution in [0.3, 0.4) is 0 Å². The van der Waals surface area contributed by atoms with Gasteiger partial charge in [0, 0.05) is 11.1 Å². The molecular weight excluding hydrogens is 404 g/mol. The minimum atomic E-state index is -3.75. The molecule has 11 heteroatoms. The lowest BCUT2D eigenvalue weighted by atomic mass is 9.40. The standard InChI is InChI=1S/C19H18N8O2S/c1-12-2-3-13(30(28,29)26-19-8-18(9-19,10-19)11-20)6-14(12)15-7-22-16(21)17(25-15)27-23-4-5-24-27/h2-7,26H,8-10H2,1H3,(H2,21,22). The molecule has 0 spiro atoms. The van der Waals surface area contributed by atoms with E-state index >= 15 is 0 Å². The number of hydrogen-bond donors (Lipinski definition) is 2. The van der Waals surface area contributed by atoms with Gasteiger partial charge >= 0.3 is 0 Å². The van der Waals surface area contributed by atoms with Gasteiger partial charge in [-0.05, 0) is 43.9 Å². The van der Waals surface area contributed by atoms with Gasteiger partial charge in [-0.15, -0.1) is 4.80 Å². The van der Waals surface area contributed by atoms with Gasteiger partial charge in [-0.1, -0.05) is 6.07 Å². The van der Waals surface area contributed by atoms with Gasteiger partial charge in [0.25, 0.3) is 0 Å². The van der Waals surface area contributed by atoms with Gasteiger partial charge in [0.05, 0.1) is 40.7 Å². The first-order chi connectivity index (χ1) is 14.2. The van der Waals surface area contributed by atoms with Gasteiger partial charge in [0.15, 0.2) is 5.82 Å². The number of aryl methyl sites for hydroxylation is 1. The number of nitrogens with two attached hydrogens (primary N) is 1. The van der Waals surface area contributed by atoms with Crippen molar-refractivity contribution in [2.45, 2.75) is 36.6 Å². The monoisotopic (exact) mass is 422 g/mol. The average molecular weight is 422 g/mol. The van der Waals surface area contributed by atoms with Gasteiger partial charge in [0.2, 0.25) is 15.8 Å². The molecule has 3 aliphatic carbocycles. The van der Waals surface area contributed by atoms with E-state index in [1.165, 1.54) is 23.4 Å². The van der Waals surface area contributed by atoms with Crippen LogP contribution in [0.5, 0.6) is 0 Å². The van der Waals surface area contributed by atoms with E-state index in [0.29, 0.717) is 30.5 Å². The Bertz CT molecular complexity index is 1290. The lowest BCUT2D eigenvalue weighted by molar-refractivity contribution is -0.0946. The highest BCUT2D eigenvalue weighted by molar-refractivity contribution is 7.89. The van der Waals surface area contributed by atoms with Crippen molar-refractivity contribution in [3.63, 3.8) is 0 Å². The third-order valence-electron chi connectivity index (χ3n) is 5.80. The van der Waals surface area contributed by atoms with Crippen molar-refractivity contribution >= 4 is 15.8 Å². The summed E-state index contributed by atoms with van der Waals surface area (Å²) in [5, 5.41) is 17.2. The van der Waals surface area contributed by atoms with E-state index in [9.17, 15) is 8.42 Å². The van der Waals surface area contributed by atoms with Crippen LogP contribution >= 0.6 is 0 Å². The fourth-order valence-corrected chi connectivity index (χ4v) is 5.82. The van der Waals surface area contributed by atoms with E-state index in [0.717, 1.165) is 5.56 Å². The van der Waals surface area contributed by atoms with Crippen molar-refractivity contribution in [3.8, 4) is 23.1 Å². The second kappa shape index (κ2) is 6.07. The number of anilines is 1. The number of nitrogens with zero attached hydrogens (tertiary/aromatic N) is 6. The normalized spacial score (nSPS) is 24.5. The summed E-state index contributed by atoms with van der Waals surface area (Å²) in [5.74, 6) is 0.423. The van der Waals surface area contributed by atoms with Crippen LogP contribution in [0.15, 0.2) is 41.7 Å². The van der Waals surface area contributed by atoms with Crippen molar-refractivity contribution in [2.75, 3.05) is 5.73 Å². The zero-order valence-corrected chi connectivity index (χ0v) is 16.9. The third-order valence-corrected chi connectivity index (χ3v) is 7.38.